The van der Waals surface area contributed by atoms with Gasteiger partial charge in [0.15, 0.2) is 11.3 Å². The molecule has 4 nitrogen and oxygen atoms in total. The lowest BCUT2D eigenvalue weighted by Crippen LogP contribution is -2.58. The third kappa shape index (κ3) is 2.78. The van der Waals surface area contributed by atoms with E-state index in [-0.39, 0.29) is 22.5 Å². The number of aliphatic imine (C=N–C) groups is 1. The molecule has 132 valence electrons. The van der Waals surface area contributed by atoms with E-state index in [1.807, 2.05) is 36.4 Å². The molecule has 3 rings (SSSR count). The zero-order chi connectivity index (χ0) is 18.5. The van der Waals surface area contributed by atoms with Crippen molar-refractivity contribution in [2.45, 2.75) is 47.1 Å². The van der Waals surface area contributed by atoms with Gasteiger partial charge in [0, 0.05) is 11.3 Å². The number of nitrogens with zero attached hydrogens (tertiary/aromatic N) is 3. The van der Waals surface area contributed by atoms with Gasteiger partial charge in [-0.1, -0.05) is 59.7 Å². The third-order valence-electron chi connectivity index (χ3n) is 5.20. The van der Waals surface area contributed by atoms with Crippen molar-refractivity contribution in [1.29, 1.82) is 0 Å². The molecule has 2 unspecified atom stereocenters. The molecule has 0 saturated heterocycles. The van der Waals surface area contributed by atoms with Crippen molar-refractivity contribution < 1.29 is 4.79 Å². The van der Waals surface area contributed by atoms with E-state index in [1.54, 1.807) is 0 Å². The van der Waals surface area contributed by atoms with Gasteiger partial charge in [0.1, 0.15) is 0 Å². The fourth-order valence-electron chi connectivity index (χ4n) is 3.80. The fraction of sp³-hybridized carbons (Fsp3) is 0.524. The molecular formula is C21H27N3O. The van der Waals surface area contributed by atoms with E-state index in [1.165, 1.54) is 0 Å². The quantitative estimate of drug-likeness (QED) is 0.696. The highest BCUT2D eigenvalue weighted by atomic mass is 16.1. The Balaban J connectivity index is 2.24. The van der Waals surface area contributed by atoms with Crippen LogP contribution in [0.4, 0.5) is 5.69 Å². The molecule has 0 N–H and O–H groups in total. The fourth-order valence-corrected chi connectivity index (χ4v) is 3.80. The number of hydrogen-bond donors (Lipinski definition) is 0. The summed E-state index contributed by atoms with van der Waals surface area (Å²) in [6.07, 6.45) is 1.99. The summed E-state index contributed by atoms with van der Waals surface area (Å²) in [5.41, 5.74) is 1.13. The van der Waals surface area contributed by atoms with Crippen LogP contribution in [0.25, 0.3) is 0 Å². The smallest absolute Gasteiger partial charge is 0.190 e. The highest BCUT2D eigenvalue weighted by molar-refractivity contribution is 6.18. The first-order chi connectivity index (χ1) is 11.6. The standard InChI is InChI=1S/C21H27N3O/c1-19(2,3)15-12-17(23-14-10-8-7-9-11-14)16-13-22-24-21(16,18(15)25)20(4,5)6/h7-12,16H,13H2,1-6H3. The van der Waals surface area contributed by atoms with E-state index < -0.39 is 5.54 Å². The molecule has 0 spiro atoms. The lowest BCUT2D eigenvalue weighted by atomic mass is 9.57. The average Bonchev–Trinajstić information content (AvgIpc) is 2.96. The van der Waals surface area contributed by atoms with E-state index in [9.17, 15) is 4.79 Å². The van der Waals surface area contributed by atoms with Crippen molar-refractivity contribution in [2.24, 2.45) is 32.0 Å². The first-order valence-corrected chi connectivity index (χ1v) is 8.86. The maximum atomic E-state index is 13.5. The minimum Gasteiger partial charge on any atom is -0.292 e. The number of allylic oxidation sites excluding steroid dienone is 1. The number of Topliss-reactive ketones (excluding diaryl/α,β-unsaturated/α-hetero) is 1. The van der Waals surface area contributed by atoms with Crippen LogP contribution in [0.15, 0.2) is 57.2 Å². The van der Waals surface area contributed by atoms with Crippen molar-refractivity contribution in [3.05, 3.63) is 42.0 Å². The molecule has 25 heavy (non-hydrogen) atoms. The van der Waals surface area contributed by atoms with Crippen LogP contribution in [0.2, 0.25) is 0 Å². The summed E-state index contributed by atoms with van der Waals surface area (Å²) in [5, 5.41) is 8.87. The summed E-state index contributed by atoms with van der Waals surface area (Å²) in [7, 11) is 0. The number of carbonyl (C=O) groups excluding carboxylic acids is 1. The molecule has 0 bridgehead atoms. The van der Waals surface area contributed by atoms with Gasteiger partial charge in [-0.3, -0.25) is 9.79 Å². The molecule has 0 aromatic heterocycles. The molecule has 0 fully saturated rings. The number of azo groups is 1. The van der Waals surface area contributed by atoms with Crippen LogP contribution in [0, 0.1) is 16.7 Å². The molecule has 2 atom stereocenters. The Morgan fingerprint density at radius 3 is 2.28 bits per heavy atom. The molecular weight excluding hydrogens is 310 g/mol. The van der Waals surface area contributed by atoms with Gasteiger partial charge in [0.25, 0.3) is 0 Å². The number of ketones is 1. The minimum absolute atomic E-state index is 0.103. The van der Waals surface area contributed by atoms with Gasteiger partial charge >= 0.3 is 0 Å². The molecule has 4 heteroatoms. The maximum absolute atomic E-state index is 13.5. The zero-order valence-electron chi connectivity index (χ0n) is 16.0. The van der Waals surface area contributed by atoms with E-state index in [4.69, 9.17) is 4.99 Å². The molecule has 0 radical (unpaired) electrons. The SMILES string of the molecule is CC(C)(C)C1=CC(=Nc2ccccc2)C2CN=NC2(C(C)(C)C)C1=O. The Morgan fingerprint density at radius 1 is 1.08 bits per heavy atom. The van der Waals surface area contributed by atoms with Crippen LogP contribution in [-0.4, -0.2) is 23.6 Å². The molecule has 1 aromatic carbocycles. The van der Waals surface area contributed by atoms with Gasteiger partial charge in [-0.05, 0) is 29.0 Å². The van der Waals surface area contributed by atoms with Crippen molar-refractivity contribution in [3.8, 4) is 0 Å². The van der Waals surface area contributed by atoms with Crippen LogP contribution in [0.3, 0.4) is 0 Å². The number of hydrogen-bond acceptors (Lipinski definition) is 4. The predicted molar refractivity (Wildman–Crippen MR) is 101 cm³/mol. The monoisotopic (exact) mass is 337 g/mol. The van der Waals surface area contributed by atoms with E-state index in [2.05, 4.69) is 51.8 Å². The Morgan fingerprint density at radius 2 is 1.72 bits per heavy atom. The first-order valence-electron chi connectivity index (χ1n) is 8.86. The number of carbonyl (C=O) groups is 1. The maximum Gasteiger partial charge on any atom is 0.190 e. The van der Waals surface area contributed by atoms with E-state index in [0.717, 1.165) is 17.0 Å². The minimum atomic E-state index is -0.863. The van der Waals surface area contributed by atoms with Crippen molar-refractivity contribution >= 4 is 17.2 Å². The van der Waals surface area contributed by atoms with Gasteiger partial charge < -0.3 is 0 Å². The highest BCUT2D eigenvalue weighted by Crippen LogP contribution is 2.51. The zero-order valence-corrected chi connectivity index (χ0v) is 16.0. The summed E-state index contributed by atoms with van der Waals surface area (Å²) in [6, 6.07) is 9.89. The predicted octanol–water partition coefficient (Wildman–Crippen LogP) is 5.18. The summed E-state index contributed by atoms with van der Waals surface area (Å²) in [6.45, 7) is 13.0. The van der Waals surface area contributed by atoms with Gasteiger partial charge in [0.05, 0.1) is 18.2 Å². The Bertz CT molecular complexity index is 776. The highest BCUT2D eigenvalue weighted by Gasteiger charge is 2.61. The Labute approximate surface area is 150 Å². The van der Waals surface area contributed by atoms with Crippen LogP contribution < -0.4 is 0 Å². The number of rotatable bonds is 1. The molecule has 1 aromatic rings. The Hall–Kier alpha value is -2.10. The van der Waals surface area contributed by atoms with Crippen LogP contribution in [0.1, 0.15) is 41.5 Å². The number of para-hydroxylation sites is 1. The molecule has 1 aliphatic carbocycles. The van der Waals surface area contributed by atoms with E-state index in [0.29, 0.717) is 6.54 Å². The summed E-state index contributed by atoms with van der Waals surface area (Å²) >= 11 is 0. The van der Waals surface area contributed by atoms with Crippen LogP contribution in [0.5, 0.6) is 0 Å². The number of fused-ring (bicyclic) bond motifs is 1. The second kappa shape index (κ2) is 5.72. The van der Waals surface area contributed by atoms with Gasteiger partial charge in [-0.2, -0.15) is 10.2 Å². The first kappa shape index (κ1) is 17.7. The normalized spacial score (nSPS) is 28.2. The van der Waals surface area contributed by atoms with Crippen molar-refractivity contribution in [3.63, 3.8) is 0 Å². The molecule has 1 heterocycles. The third-order valence-corrected chi connectivity index (χ3v) is 5.20. The molecule has 2 aliphatic rings. The molecule has 0 saturated carbocycles. The summed E-state index contributed by atoms with van der Waals surface area (Å²) in [5.74, 6) is -0.00271. The topological polar surface area (TPSA) is 54.1 Å². The molecule has 0 amide bonds. The van der Waals surface area contributed by atoms with E-state index >= 15 is 0 Å². The van der Waals surface area contributed by atoms with Crippen molar-refractivity contribution in [2.75, 3.05) is 6.54 Å². The van der Waals surface area contributed by atoms with Crippen LogP contribution in [-0.2, 0) is 4.79 Å². The summed E-state index contributed by atoms with van der Waals surface area (Å²) < 4.78 is 0. The van der Waals surface area contributed by atoms with Gasteiger partial charge in [0.2, 0.25) is 0 Å². The van der Waals surface area contributed by atoms with Crippen LogP contribution >= 0.6 is 0 Å². The van der Waals surface area contributed by atoms with Gasteiger partial charge in [-0.25, -0.2) is 0 Å². The van der Waals surface area contributed by atoms with Crippen molar-refractivity contribution in [1.82, 2.24) is 0 Å². The largest absolute Gasteiger partial charge is 0.292 e. The second-order valence-corrected chi connectivity index (χ2v) is 9.00. The average molecular weight is 337 g/mol. The second-order valence-electron chi connectivity index (χ2n) is 9.00. The Kier molecular flexibility index (Phi) is 4.05. The van der Waals surface area contributed by atoms with Gasteiger partial charge in [-0.15, -0.1) is 0 Å². The lowest BCUT2D eigenvalue weighted by molar-refractivity contribution is -0.126. The lowest BCUT2D eigenvalue weighted by Gasteiger charge is -2.45. The summed E-state index contributed by atoms with van der Waals surface area (Å²) in [4.78, 5) is 18.4. The molecule has 1 aliphatic heterocycles. The number of benzene rings is 1.